The minimum absolute atomic E-state index is 0. The molecule has 0 spiro atoms. The van der Waals surface area contributed by atoms with E-state index in [0.717, 1.165) is 6.42 Å². The van der Waals surface area contributed by atoms with Gasteiger partial charge in [-0.25, -0.2) is 0 Å². The predicted octanol–water partition coefficient (Wildman–Crippen LogP) is 0.347. The van der Waals surface area contributed by atoms with Gasteiger partial charge >= 0.3 is 0 Å². The number of likely N-dealkylation sites (N-methyl/N-ethyl adjacent to an activating group) is 1. The van der Waals surface area contributed by atoms with Gasteiger partial charge in [-0.1, -0.05) is 43.7 Å². The molecule has 0 radical (unpaired) electrons. The topological polar surface area (TPSA) is 125 Å². The van der Waals surface area contributed by atoms with Crippen LogP contribution < -0.4 is 16.4 Å². The highest BCUT2D eigenvalue weighted by atomic mass is 35.5. The van der Waals surface area contributed by atoms with E-state index in [9.17, 15) is 19.5 Å². The molecule has 4 atom stereocenters. The molecule has 0 bridgehead atoms. The number of nitrogens with one attached hydrogen (secondary N) is 2. The van der Waals surface area contributed by atoms with Gasteiger partial charge in [0.15, 0.2) is 0 Å². The van der Waals surface area contributed by atoms with Crippen molar-refractivity contribution in [2.24, 2.45) is 5.73 Å². The molecule has 0 aliphatic rings. The van der Waals surface area contributed by atoms with E-state index < -0.39 is 36.0 Å². The molecular weight excluding hydrogens is 384 g/mol. The lowest BCUT2D eigenvalue weighted by atomic mass is 10.0. The summed E-state index contributed by atoms with van der Waals surface area (Å²) in [7, 11) is 3.20. The zero-order valence-electron chi connectivity index (χ0n) is 16.7. The number of hydrogen-bond acceptors (Lipinski definition) is 5. The van der Waals surface area contributed by atoms with Crippen molar-refractivity contribution in [1.29, 1.82) is 0 Å². The molecule has 0 aliphatic carbocycles. The highest BCUT2D eigenvalue weighted by Crippen LogP contribution is 2.15. The zero-order chi connectivity index (χ0) is 20.6. The van der Waals surface area contributed by atoms with E-state index in [1.54, 1.807) is 38.4 Å². The number of nitrogens with zero attached hydrogens (tertiary/aromatic N) is 1. The van der Waals surface area contributed by atoms with Gasteiger partial charge in [0.25, 0.3) is 5.91 Å². The average Bonchev–Trinajstić information content (AvgIpc) is 2.65. The summed E-state index contributed by atoms with van der Waals surface area (Å²) in [6.45, 7) is 3.37. The average molecular weight is 415 g/mol. The van der Waals surface area contributed by atoms with Crippen molar-refractivity contribution in [3.63, 3.8) is 0 Å². The molecule has 0 saturated carbocycles. The Morgan fingerprint density at radius 3 is 2.18 bits per heavy atom. The Morgan fingerprint density at radius 2 is 1.68 bits per heavy atom. The van der Waals surface area contributed by atoms with Crippen LogP contribution in [0.3, 0.4) is 0 Å². The maximum absolute atomic E-state index is 12.5. The van der Waals surface area contributed by atoms with Crippen LogP contribution in [0.25, 0.3) is 0 Å². The van der Waals surface area contributed by atoms with Crippen molar-refractivity contribution in [2.75, 3.05) is 14.1 Å². The van der Waals surface area contributed by atoms with Gasteiger partial charge in [0.05, 0.1) is 0 Å². The molecule has 1 rings (SSSR count). The Morgan fingerprint density at radius 1 is 1.11 bits per heavy atom. The fraction of sp³-hybridized carbons (Fsp3) is 0.526. The molecule has 0 saturated heterocycles. The number of aliphatic hydroxyl groups is 1. The van der Waals surface area contributed by atoms with Gasteiger partial charge in [-0.2, -0.15) is 0 Å². The Kier molecular flexibility index (Phi) is 11.4. The largest absolute Gasteiger partial charge is 0.382 e. The van der Waals surface area contributed by atoms with Gasteiger partial charge in [0.1, 0.15) is 18.2 Å². The van der Waals surface area contributed by atoms with Gasteiger partial charge in [0.2, 0.25) is 11.8 Å². The van der Waals surface area contributed by atoms with E-state index in [2.05, 4.69) is 10.6 Å². The van der Waals surface area contributed by atoms with Crippen molar-refractivity contribution < 1.29 is 19.5 Å². The minimum Gasteiger partial charge on any atom is -0.382 e. The number of nitrogens with two attached hydrogens (primary N) is 1. The summed E-state index contributed by atoms with van der Waals surface area (Å²) in [4.78, 5) is 38.4. The zero-order valence-corrected chi connectivity index (χ0v) is 17.5. The lowest BCUT2D eigenvalue weighted by Gasteiger charge is -2.25. The molecule has 2 unspecified atom stereocenters. The van der Waals surface area contributed by atoms with Crippen LogP contribution in [0.4, 0.5) is 0 Å². The Labute approximate surface area is 172 Å². The van der Waals surface area contributed by atoms with Crippen molar-refractivity contribution in [2.45, 2.75) is 50.9 Å². The lowest BCUT2D eigenvalue weighted by molar-refractivity contribution is -0.137. The molecule has 0 heterocycles. The third-order valence-electron chi connectivity index (χ3n) is 4.16. The first kappa shape index (κ1) is 25.8. The smallest absolute Gasteiger partial charge is 0.251 e. The van der Waals surface area contributed by atoms with Crippen LogP contribution >= 0.6 is 12.4 Å². The molecule has 1 aromatic rings. The summed E-state index contributed by atoms with van der Waals surface area (Å²) < 4.78 is 0. The van der Waals surface area contributed by atoms with E-state index in [4.69, 9.17) is 5.73 Å². The molecule has 0 aromatic heterocycles. The first-order chi connectivity index (χ1) is 12.7. The van der Waals surface area contributed by atoms with Crippen LogP contribution in [0, 0.1) is 0 Å². The predicted molar refractivity (Wildman–Crippen MR) is 110 cm³/mol. The molecule has 9 heteroatoms. The summed E-state index contributed by atoms with van der Waals surface area (Å²) in [5.41, 5.74) is 6.38. The van der Waals surface area contributed by atoms with Gasteiger partial charge in [0, 0.05) is 20.1 Å². The van der Waals surface area contributed by atoms with Crippen molar-refractivity contribution in [3.05, 3.63) is 35.9 Å². The number of aliphatic hydroxyl groups excluding tert-OH is 1. The van der Waals surface area contributed by atoms with Crippen molar-refractivity contribution >= 4 is 30.1 Å². The van der Waals surface area contributed by atoms with E-state index >= 15 is 0 Å². The SMILES string of the molecule is CCC[C@H](N)C(O)C(=O)NC(C)C(=O)N[C@H](C(=O)N(C)C)c1ccccc1.Cl. The quantitative estimate of drug-likeness (QED) is 0.464. The second-order valence-corrected chi connectivity index (χ2v) is 6.71. The number of amides is 3. The first-order valence-electron chi connectivity index (χ1n) is 8.99. The van der Waals surface area contributed by atoms with Crippen LogP contribution in [-0.2, 0) is 14.4 Å². The number of rotatable bonds is 9. The van der Waals surface area contributed by atoms with E-state index in [1.165, 1.54) is 11.8 Å². The molecule has 3 amide bonds. The molecule has 0 fully saturated rings. The lowest BCUT2D eigenvalue weighted by Crippen LogP contribution is -2.53. The molecule has 5 N–H and O–H groups in total. The standard InChI is InChI=1S/C19H30N4O4.ClH/c1-5-9-14(20)16(24)18(26)21-12(2)17(25)22-15(19(27)23(3)4)13-10-7-6-8-11-13;/h6-8,10-12,14-16,24H,5,9,20H2,1-4H3,(H,21,26)(H,22,25);1H/t12?,14-,15-,16?;/m0./s1. The van der Waals surface area contributed by atoms with E-state index in [-0.39, 0.29) is 18.3 Å². The van der Waals surface area contributed by atoms with E-state index in [0.29, 0.717) is 12.0 Å². The van der Waals surface area contributed by atoms with Gasteiger partial charge in [-0.15, -0.1) is 12.4 Å². The van der Waals surface area contributed by atoms with Crippen molar-refractivity contribution in [3.8, 4) is 0 Å². The van der Waals surface area contributed by atoms with Crippen LogP contribution in [0.1, 0.15) is 38.3 Å². The van der Waals surface area contributed by atoms with Crippen LogP contribution in [-0.4, -0.2) is 60.0 Å². The second kappa shape index (κ2) is 12.3. The third kappa shape index (κ3) is 7.46. The molecule has 28 heavy (non-hydrogen) atoms. The van der Waals surface area contributed by atoms with Gasteiger partial charge in [-0.05, 0) is 18.9 Å². The van der Waals surface area contributed by atoms with Crippen molar-refractivity contribution in [1.82, 2.24) is 15.5 Å². The highest BCUT2D eigenvalue weighted by Gasteiger charge is 2.29. The maximum Gasteiger partial charge on any atom is 0.251 e. The number of carbonyl (C=O) groups excluding carboxylic acids is 3. The van der Waals surface area contributed by atoms with Gasteiger partial charge in [-0.3, -0.25) is 14.4 Å². The molecule has 0 aliphatic heterocycles. The fourth-order valence-electron chi connectivity index (χ4n) is 2.51. The summed E-state index contributed by atoms with van der Waals surface area (Å²) in [5, 5.41) is 15.0. The van der Waals surface area contributed by atoms with E-state index in [1.807, 2.05) is 13.0 Å². The van der Waals surface area contributed by atoms with Crippen LogP contribution in [0.2, 0.25) is 0 Å². The second-order valence-electron chi connectivity index (χ2n) is 6.71. The maximum atomic E-state index is 12.5. The van der Waals surface area contributed by atoms with Crippen LogP contribution in [0.15, 0.2) is 30.3 Å². The number of benzene rings is 1. The monoisotopic (exact) mass is 414 g/mol. The molecule has 158 valence electrons. The third-order valence-corrected chi connectivity index (χ3v) is 4.16. The minimum atomic E-state index is -1.39. The van der Waals surface area contributed by atoms with Crippen LogP contribution in [0.5, 0.6) is 0 Å². The summed E-state index contributed by atoms with van der Waals surface area (Å²) in [5.74, 6) is -1.55. The van der Waals surface area contributed by atoms with Gasteiger partial charge < -0.3 is 26.4 Å². The molecule has 8 nitrogen and oxygen atoms in total. The normalized spacial score (nSPS) is 14.6. The summed E-state index contributed by atoms with van der Waals surface area (Å²) >= 11 is 0. The molecule has 1 aromatic carbocycles. The Hall–Kier alpha value is -2.16. The number of hydrogen-bond donors (Lipinski definition) is 4. The fourth-order valence-corrected chi connectivity index (χ4v) is 2.51. The summed E-state index contributed by atoms with van der Waals surface area (Å²) in [6.07, 6.45) is -0.177. The first-order valence-corrected chi connectivity index (χ1v) is 8.99. The summed E-state index contributed by atoms with van der Waals surface area (Å²) in [6, 6.07) is 6.32. The number of carbonyl (C=O) groups is 3. The Balaban J connectivity index is 0.00000729. The highest BCUT2D eigenvalue weighted by molar-refractivity contribution is 5.93. The Bertz CT molecular complexity index is 642. The number of halogens is 1. The molecular formula is C19H31ClN4O4.